The zero-order valence-electron chi connectivity index (χ0n) is 22.4. The number of hydrogen-bond acceptors (Lipinski definition) is 5. The smallest absolute Gasteiger partial charge is 0.378 e. The van der Waals surface area contributed by atoms with Crippen LogP contribution < -0.4 is 5.56 Å². The molecule has 0 saturated heterocycles. The summed E-state index contributed by atoms with van der Waals surface area (Å²) in [5.41, 5.74) is 0.927. The Bertz CT molecular complexity index is 1760. The first-order valence-corrected chi connectivity index (χ1v) is 14.4. The van der Waals surface area contributed by atoms with Crippen molar-refractivity contribution in [2.75, 3.05) is 6.54 Å². The molecular formula is C32H26F3N3O3S. The number of carbonyl (C=O) groups is 1. The SMILES string of the molecule is O=C([C@H](O)c1cccc(C(F)(F)F)c1)N1CCCc2nc(C3(c4cc(C#Cc5ccccc5)cs4)CC3)[nH]c(=O)c2C1. The van der Waals surface area contributed by atoms with Crippen LogP contribution in [-0.2, 0) is 29.4 Å². The number of rotatable bonds is 4. The molecule has 1 aliphatic heterocycles. The molecule has 2 N–H and O–H groups in total. The Labute approximate surface area is 243 Å². The number of aromatic nitrogens is 2. The van der Waals surface area contributed by atoms with Gasteiger partial charge in [-0.15, -0.1) is 11.3 Å². The number of fused-ring (bicyclic) bond motifs is 1. The second kappa shape index (κ2) is 10.9. The number of aryl methyl sites for hydroxylation is 1. The minimum Gasteiger partial charge on any atom is -0.378 e. The van der Waals surface area contributed by atoms with Crippen molar-refractivity contribution in [2.24, 2.45) is 0 Å². The van der Waals surface area contributed by atoms with E-state index in [0.717, 1.165) is 47.0 Å². The fourth-order valence-electron chi connectivity index (χ4n) is 5.28. The fourth-order valence-corrected chi connectivity index (χ4v) is 6.38. The molecule has 1 saturated carbocycles. The summed E-state index contributed by atoms with van der Waals surface area (Å²) in [7, 11) is 0. The van der Waals surface area contributed by atoms with Crippen LogP contribution in [0.1, 0.15) is 69.6 Å². The van der Waals surface area contributed by atoms with E-state index in [4.69, 9.17) is 4.98 Å². The Hall–Kier alpha value is -4.20. The van der Waals surface area contributed by atoms with Gasteiger partial charge in [-0.05, 0) is 61.6 Å². The third kappa shape index (κ3) is 5.50. The second-order valence-corrected chi connectivity index (χ2v) is 11.5. The highest BCUT2D eigenvalue weighted by Gasteiger charge is 2.50. The van der Waals surface area contributed by atoms with Crippen LogP contribution in [0.15, 0.2) is 70.8 Å². The Balaban J connectivity index is 1.22. The van der Waals surface area contributed by atoms with E-state index < -0.39 is 23.8 Å². The van der Waals surface area contributed by atoms with E-state index in [1.165, 1.54) is 11.0 Å². The van der Waals surface area contributed by atoms with Crippen LogP contribution in [0, 0.1) is 11.8 Å². The summed E-state index contributed by atoms with van der Waals surface area (Å²) >= 11 is 1.59. The standard InChI is InChI=1S/C32H26F3N3O3S/c33-32(34,35)23-9-4-8-22(17-23)27(39)29(41)38-15-5-10-25-24(18-38)28(40)37-30(36-25)31(13-14-31)26-16-21(19-42-26)12-11-20-6-2-1-3-7-20/h1-4,6-9,16-17,19,27,39H,5,10,13-15,18H2,(H,36,37,40)/t27-/m1/s1. The molecule has 0 bridgehead atoms. The average Bonchev–Trinajstić information content (AvgIpc) is 3.71. The first-order chi connectivity index (χ1) is 20.1. The number of H-pyrrole nitrogens is 1. The summed E-state index contributed by atoms with van der Waals surface area (Å²) in [6.07, 6.45) is -3.74. The molecule has 1 atom stereocenters. The van der Waals surface area contributed by atoms with Crippen molar-refractivity contribution in [3.8, 4) is 11.8 Å². The van der Waals surface area contributed by atoms with Gasteiger partial charge < -0.3 is 15.0 Å². The van der Waals surface area contributed by atoms with Crippen LogP contribution in [-0.4, -0.2) is 32.4 Å². The summed E-state index contributed by atoms with van der Waals surface area (Å²) in [5.74, 6) is 6.21. The van der Waals surface area contributed by atoms with E-state index >= 15 is 0 Å². The molecule has 4 aromatic rings. The molecule has 0 spiro atoms. The number of benzene rings is 2. The lowest BCUT2D eigenvalue weighted by Gasteiger charge is -2.24. The molecule has 2 aromatic carbocycles. The molecule has 0 radical (unpaired) electrons. The molecule has 1 fully saturated rings. The number of aromatic amines is 1. The van der Waals surface area contributed by atoms with Crippen molar-refractivity contribution >= 4 is 17.2 Å². The normalized spacial score (nSPS) is 16.5. The number of nitrogens with one attached hydrogen (secondary N) is 1. The van der Waals surface area contributed by atoms with Crippen LogP contribution in [0.25, 0.3) is 0 Å². The molecule has 2 aliphatic rings. The highest BCUT2D eigenvalue weighted by Crippen LogP contribution is 2.54. The van der Waals surface area contributed by atoms with E-state index in [9.17, 15) is 27.9 Å². The van der Waals surface area contributed by atoms with Crippen LogP contribution >= 0.6 is 11.3 Å². The molecule has 6 nitrogen and oxygen atoms in total. The van der Waals surface area contributed by atoms with Gasteiger partial charge in [-0.25, -0.2) is 4.98 Å². The topological polar surface area (TPSA) is 86.3 Å². The average molecular weight is 590 g/mol. The molecule has 2 aromatic heterocycles. The van der Waals surface area contributed by atoms with Gasteiger partial charge in [0.05, 0.1) is 28.8 Å². The van der Waals surface area contributed by atoms with Gasteiger partial charge in [0.25, 0.3) is 11.5 Å². The van der Waals surface area contributed by atoms with Gasteiger partial charge in [0, 0.05) is 27.9 Å². The Morgan fingerprint density at radius 2 is 1.83 bits per heavy atom. The minimum absolute atomic E-state index is 0.0853. The number of alkyl halides is 3. The first-order valence-electron chi connectivity index (χ1n) is 13.6. The van der Waals surface area contributed by atoms with Crippen LogP contribution in [0.4, 0.5) is 13.2 Å². The zero-order chi connectivity index (χ0) is 29.5. The summed E-state index contributed by atoms with van der Waals surface area (Å²) in [4.78, 5) is 36.7. The van der Waals surface area contributed by atoms with E-state index in [-0.39, 0.29) is 29.6 Å². The van der Waals surface area contributed by atoms with E-state index in [2.05, 4.69) is 22.9 Å². The van der Waals surface area contributed by atoms with Crippen LogP contribution in [0.5, 0.6) is 0 Å². The highest BCUT2D eigenvalue weighted by atomic mass is 32.1. The highest BCUT2D eigenvalue weighted by molar-refractivity contribution is 7.10. The zero-order valence-corrected chi connectivity index (χ0v) is 23.2. The maximum atomic E-state index is 13.3. The lowest BCUT2D eigenvalue weighted by molar-refractivity contribution is -0.142. The number of nitrogens with zero attached hydrogens (tertiary/aromatic N) is 2. The Morgan fingerprint density at radius 1 is 1.07 bits per heavy atom. The third-order valence-electron chi connectivity index (χ3n) is 7.77. The van der Waals surface area contributed by atoms with Gasteiger partial charge in [-0.1, -0.05) is 42.2 Å². The van der Waals surface area contributed by atoms with Crippen molar-refractivity contribution in [3.05, 3.63) is 121 Å². The fraction of sp³-hybridized carbons (Fsp3) is 0.281. The van der Waals surface area contributed by atoms with Crippen molar-refractivity contribution in [2.45, 2.75) is 49.9 Å². The number of halogens is 3. The predicted molar refractivity (Wildman–Crippen MR) is 152 cm³/mol. The summed E-state index contributed by atoms with van der Waals surface area (Å²) in [5, 5.41) is 12.7. The Kier molecular flexibility index (Phi) is 7.25. The van der Waals surface area contributed by atoms with Gasteiger partial charge in [-0.2, -0.15) is 13.2 Å². The van der Waals surface area contributed by atoms with E-state index in [1.807, 2.05) is 35.7 Å². The predicted octanol–water partition coefficient (Wildman–Crippen LogP) is 5.34. The van der Waals surface area contributed by atoms with E-state index in [0.29, 0.717) is 29.9 Å². The third-order valence-corrected chi connectivity index (χ3v) is 8.90. The number of aliphatic hydroxyl groups excluding tert-OH is 1. The second-order valence-electron chi connectivity index (χ2n) is 10.6. The molecule has 42 heavy (non-hydrogen) atoms. The summed E-state index contributed by atoms with van der Waals surface area (Å²) in [6, 6.07) is 15.9. The number of amides is 1. The van der Waals surface area contributed by atoms with Crippen LogP contribution in [0.3, 0.4) is 0 Å². The minimum atomic E-state index is -4.60. The van der Waals surface area contributed by atoms with Crippen molar-refractivity contribution < 1.29 is 23.1 Å². The summed E-state index contributed by atoms with van der Waals surface area (Å²) < 4.78 is 39.5. The van der Waals surface area contributed by atoms with Crippen molar-refractivity contribution in [1.29, 1.82) is 0 Å². The Morgan fingerprint density at radius 3 is 2.57 bits per heavy atom. The monoisotopic (exact) mass is 589 g/mol. The van der Waals surface area contributed by atoms with Gasteiger partial charge >= 0.3 is 6.18 Å². The van der Waals surface area contributed by atoms with Gasteiger partial charge in [0.15, 0.2) is 6.10 Å². The van der Waals surface area contributed by atoms with Gasteiger partial charge in [0.1, 0.15) is 5.82 Å². The molecule has 3 heterocycles. The molecular weight excluding hydrogens is 563 g/mol. The maximum absolute atomic E-state index is 13.3. The quantitative estimate of drug-likeness (QED) is 0.315. The molecule has 1 aliphatic carbocycles. The number of hydrogen-bond donors (Lipinski definition) is 2. The maximum Gasteiger partial charge on any atom is 0.416 e. The van der Waals surface area contributed by atoms with Crippen molar-refractivity contribution in [1.82, 2.24) is 14.9 Å². The largest absolute Gasteiger partial charge is 0.416 e. The van der Waals surface area contributed by atoms with Gasteiger partial charge in [0.2, 0.25) is 0 Å². The first kappa shape index (κ1) is 27.9. The van der Waals surface area contributed by atoms with Gasteiger partial charge in [-0.3, -0.25) is 9.59 Å². The van der Waals surface area contributed by atoms with Crippen LogP contribution in [0.2, 0.25) is 0 Å². The lowest BCUT2D eigenvalue weighted by atomic mass is 10.0. The molecule has 1 amide bonds. The number of carbonyl (C=O) groups excluding carboxylic acids is 1. The molecule has 6 rings (SSSR count). The number of thiophene rings is 1. The van der Waals surface area contributed by atoms with Crippen molar-refractivity contribution in [3.63, 3.8) is 0 Å². The molecule has 0 unspecified atom stereocenters. The number of aliphatic hydroxyl groups is 1. The van der Waals surface area contributed by atoms with E-state index in [1.54, 1.807) is 11.3 Å². The lowest BCUT2D eigenvalue weighted by Crippen LogP contribution is -2.36. The molecule has 10 heteroatoms. The molecule has 214 valence electrons. The summed E-state index contributed by atoms with van der Waals surface area (Å²) in [6.45, 7) is 0.150.